The Hall–Kier alpha value is -4.15. The smallest absolute Gasteiger partial charge is 0.270 e. The van der Waals surface area contributed by atoms with Crippen LogP contribution in [0.25, 0.3) is 22.4 Å². The molecular weight excluding hydrogens is 508 g/mol. The highest BCUT2D eigenvalue weighted by Crippen LogP contribution is 2.38. The summed E-state index contributed by atoms with van der Waals surface area (Å²) in [6.07, 6.45) is 1.67. The maximum Gasteiger partial charge on any atom is 0.270 e. The van der Waals surface area contributed by atoms with E-state index in [2.05, 4.69) is 46.3 Å². The molecule has 0 fully saturated rings. The lowest BCUT2D eigenvalue weighted by Gasteiger charge is -2.15. The summed E-state index contributed by atoms with van der Waals surface area (Å²) < 4.78 is 12.6. The number of hydrogen-bond acceptors (Lipinski definition) is 5. The molecule has 0 saturated carbocycles. The average Bonchev–Trinajstić information content (AvgIpc) is 2.87. The SMILES string of the molecule is CCOc1cc(/C=C(/C#N)c2cccc([N+](=O)[O-])c2)cc(Br)c1OCc1ccc2ccccc2c1. The first-order valence-corrected chi connectivity index (χ1v) is 11.7. The van der Waals surface area contributed by atoms with Crippen molar-refractivity contribution in [2.75, 3.05) is 6.61 Å². The number of non-ortho nitro benzene ring substituents is 1. The van der Waals surface area contributed by atoms with Crippen LogP contribution in [0, 0.1) is 21.4 Å². The monoisotopic (exact) mass is 528 g/mol. The van der Waals surface area contributed by atoms with Gasteiger partial charge in [-0.1, -0.05) is 48.5 Å². The molecular formula is C28H21BrN2O4. The molecule has 6 nitrogen and oxygen atoms in total. The third-order valence-electron chi connectivity index (χ3n) is 5.33. The highest BCUT2D eigenvalue weighted by atomic mass is 79.9. The summed E-state index contributed by atoms with van der Waals surface area (Å²) >= 11 is 3.57. The molecule has 0 aliphatic rings. The number of fused-ring (bicyclic) bond motifs is 1. The predicted octanol–water partition coefficient (Wildman–Crippen LogP) is 7.55. The van der Waals surface area contributed by atoms with Crippen LogP contribution in [0.2, 0.25) is 0 Å². The quantitative estimate of drug-likeness (QED) is 0.102. The largest absolute Gasteiger partial charge is 0.490 e. The Morgan fingerprint density at radius 2 is 1.83 bits per heavy atom. The fraction of sp³-hybridized carbons (Fsp3) is 0.107. The molecule has 0 aliphatic carbocycles. The van der Waals surface area contributed by atoms with Crippen molar-refractivity contribution in [3.05, 3.63) is 110 Å². The Morgan fingerprint density at radius 1 is 1.03 bits per heavy atom. The standard InChI is InChI=1S/C28H21BrN2O4/c1-2-34-27-15-20(13-24(17-30)23-8-5-9-25(16-23)31(32)33)14-26(29)28(27)35-18-19-10-11-21-6-3-4-7-22(21)12-19/h3-16H,2,18H2,1H3/b24-13-. The van der Waals surface area contributed by atoms with E-state index < -0.39 is 4.92 Å². The molecule has 0 radical (unpaired) electrons. The molecule has 4 aromatic carbocycles. The summed E-state index contributed by atoms with van der Waals surface area (Å²) in [5.74, 6) is 1.09. The van der Waals surface area contributed by atoms with Crippen molar-refractivity contribution in [3.8, 4) is 17.6 Å². The molecule has 0 amide bonds. The molecule has 0 bridgehead atoms. The fourth-order valence-corrected chi connectivity index (χ4v) is 4.27. The van der Waals surface area contributed by atoms with Gasteiger partial charge < -0.3 is 9.47 Å². The molecule has 0 spiro atoms. The summed E-state index contributed by atoms with van der Waals surface area (Å²) in [6, 6.07) is 26.1. The van der Waals surface area contributed by atoms with Gasteiger partial charge in [0, 0.05) is 12.1 Å². The predicted molar refractivity (Wildman–Crippen MR) is 140 cm³/mol. The van der Waals surface area contributed by atoms with Gasteiger partial charge in [-0.3, -0.25) is 10.1 Å². The van der Waals surface area contributed by atoms with Gasteiger partial charge in [0.05, 0.1) is 27.6 Å². The van der Waals surface area contributed by atoms with Crippen LogP contribution in [-0.4, -0.2) is 11.5 Å². The van der Waals surface area contributed by atoms with E-state index in [1.807, 2.05) is 31.2 Å². The van der Waals surface area contributed by atoms with Gasteiger partial charge >= 0.3 is 0 Å². The third-order valence-corrected chi connectivity index (χ3v) is 5.92. The van der Waals surface area contributed by atoms with E-state index in [-0.39, 0.29) is 5.69 Å². The van der Waals surface area contributed by atoms with Crippen molar-refractivity contribution in [3.63, 3.8) is 0 Å². The summed E-state index contributed by atoms with van der Waals surface area (Å²) in [4.78, 5) is 10.6. The summed E-state index contributed by atoms with van der Waals surface area (Å²) in [7, 11) is 0. The molecule has 0 saturated heterocycles. The van der Waals surface area contributed by atoms with Gasteiger partial charge in [-0.05, 0) is 74.6 Å². The number of nitro groups is 1. The Morgan fingerprint density at radius 3 is 2.57 bits per heavy atom. The molecule has 35 heavy (non-hydrogen) atoms. The highest BCUT2D eigenvalue weighted by Gasteiger charge is 2.14. The normalized spacial score (nSPS) is 11.2. The van der Waals surface area contributed by atoms with E-state index in [1.165, 1.54) is 17.5 Å². The van der Waals surface area contributed by atoms with Gasteiger partial charge in [0.1, 0.15) is 6.61 Å². The zero-order valence-corrected chi connectivity index (χ0v) is 20.5. The van der Waals surface area contributed by atoms with Crippen LogP contribution in [0.3, 0.4) is 0 Å². The van der Waals surface area contributed by atoms with Gasteiger partial charge in [-0.15, -0.1) is 0 Å². The van der Waals surface area contributed by atoms with Gasteiger partial charge in [-0.25, -0.2) is 0 Å². The summed E-state index contributed by atoms with van der Waals surface area (Å²) in [6.45, 7) is 2.67. The number of rotatable bonds is 8. The van der Waals surface area contributed by atoms with Crippen LogP contribution in [0.4, 0.5) is 5.69 Å². The minimum atomic E-state index is -0.482. The molecule has 0 atom stereocenters. The van der Waals surface area contributed by atoms with E-state index >= 15 is 0 Å². The zero-order valence-electron chi connectivity index (χ0n) is 18.9. The van der Waals surface area contributed by atoms with E-state index in [0.29, 0.717) is 45.9 Å². The molecule has 4 rings (SSSR count). The number of nitriles is 1. The number of nitro benzene ring substituents is 1. The molecule has 4 aromatic rings. The Labute approximate surface area is 211 Å². The molecule has 7 heteroatoms. The number of ether oxygens (including phenoxy) is 2. The van der Waals surface area contributed by atoms with Crippen molar-refractivity contribution in [2.45, 2.75) is 13.5 Å². The molecule has 0 heterocycles. The van der Waals surface area contributed by atoms with E-state index in [4.69, 9.17) is 9.47 Å². The number of allylic oxidation sites excluding steroid dienone is 1. The van der Waals surface area contributed by atoms with Crippen molar-refractivity contribution >= 4 is 44.0 Å². The zero-order chi connectivity index (χ0) is 24.8. The first-order valence-electron chi connectivity index (χ1n) is 10.9. The first kappa shape index (κ1) is 24.0. The summed E-state index contributed by atoms with van der Waals surface area (Å²) in [5, 5.41) is 23.1. The van der Waals surface area contributed by atoms with Crippen molar-refractivity contribution in [1.82, 2.24) is 0 Å². The van der Waals surface area contributed by atoms with Crippen LogP contribution in [0.15, 0.2) is 83.3 Å². The molecule has 174 valence electrons. The van der Waals surface area contributed by atoms with Crippen molar-refractivity contribution < 1.29 is 14.4 Å². The maximum absolute atomic E-state index is 11.1. The number of halogens is 1. The van der Waals surface area contributed by atoms with E-state index in [0.717, 1.165) is 10.9 Å². The van der Waals surface area contributed by atoms with Crippen LogP contribution in [0.5, 0.6) is 11.5 Å². The van der Waals surface area contributed by atoms with Gasteiger partial charge in [0.25, 0.3) is 5.69 Å². The van der Waals surface area contributed by atoms with Gasteiger partial charge in [-0.2, -0.15) is 5.26 Å². The first-order chi connectivity index (χ1) is 17.0. The lowest BCUT2D eigenvalue weighted by atomic mass is 10.0. The average molecular weight is 529 g/mol. The lowest BCUT2D eigenvalue weighted by Crippen LogP contribution is -2.01. The fourth-order valence-electron chi connectivity index (χ4n) is 3.69. The second kappa shape index (κ2) is 10.9. The van der Waals surface area contributed by atoms with Crippen LogP contribution >= 0.6 is 15.9 Å². The number of benzene rings is 4. The lowest BCUT2D eigenvalue weighted by molar-refractivity contribution is -0.384. The van der Waals surface area contributed by atoms with Crippen LogP contribution in [-0.2, 0) is 6.61 Å². The minimum absolute atomic E-state index is 0.0720. The molecule has 0 aromatic heterocycles. The number of nitrogens with zero attached hydrogens (tertiary/aromatic N) is 2. The Kier molecular flexibility index (Phi) is 7.44. The third kappa shape index (κ3) is 5.68. The molecule has 0 aliphatic heterocycles. The van der Waals surface area contributed by atoms with Gasteiger partial charge in [0.2, 0.25) is 0 Å². The van der Waals surface area contributed by atoms with E-state index in [1.54, 1.807) is 24.3 Å². The second-order valence-electron chi connectivity index (χ2n) is 7.71. The maximum atomic E-state index is 11.1. The Bertz CT molecular complexity index is 1470. The summed E-state index contributed by atoms with van der Waals surface area (Å²) in [5.41, 5.74) is 2.42. The van der Waals surface area contributed by atoms with Gasteiger partial charge in [0.15, 0.2) is 11.5 Å². The van der Waals surface area contributed by atoms with E-state index in [9.17, 15) is 15.4 Å². The van der Waals surface area contributed by atoms with Crippen LogP contribution in [0.1, 0.15) is 23.6 Å². The highest BCUT2D eigenvalue weighted by molar-refractivity contribution is 9.10. The molecule has 0 unspecified atom stereocenters. The van der Waals surface area contributed by atoms with Crippen LogP contribution < -0.4 is 9.47 Å². The Balaban J connectivity index is 1.63. The number of hydrogen-bond donors (Lipinski definition) is 0. The van der Waals surface area contributed by atoms with Crippen molar-refractivity contribution in [1.29, 1.82) is 5.26 Å². The van der Waals surface area contributed by atoms with Crippen molar-refractivity contribution in [2.24, 2.45) is 0 Å². The second-order valence-corrected chi connectivity index (χ2v) is 8.56. The minimum Gasteiger partial charge on any atom is -0.490 e. The topological polar surface area (TPSA) is 85.4 Å². The molecule has 0 N–H and O–H groups in total.